The van der Waals surface area contributed by atoms with E-state index in [2.05, 4.69) is 20.2 Å². The minimum absolute atomic E-state index is 0.0499. The first kappa shape index (κ1) is 15.8. The van der Waals surface area contributed by atoms with Crippen molar-refractivity contribution in [1.29, 1.82) is 0 Å². The fraction of sp³-hybridized carbons (Fsp3) is 0.643. The van der Waals surface area contributed by atoms with Gasteiger partial charge in [0.25, 0.3) is 0 Å². The standard InChI is InChI=1S/C14H21ClN4O2/c1-9-7-11(18-12(15)16-9)19-6-5-10(8-19)17-13(20)21-14(2,3)4/h7,10H,5-6,8H2,1-4H3,(H,17,20). The number of nitrogens with zero attached hydrogens (tertiary/aromatic N) is 3. The number of halogens is 1. The third-order valence-corrected chi connectivity index (χ3v) is 3.22. The van der Waals surface area contributed by atoms with Crippen LogP contribution >= 0.6 is 11.6 Å². The highest BCUT2D eigenvalue weighted by Crippen LogP contribution is 2.20. The Kier molecular flexibility index (Phi) is 4.56. The molecule has 116 valence electrons. The quantitative estimate of drug-likeness (QED) is 0.850. The lowest BCUT2D eigenvalue weighted by atomic mass is 10.2. The van der Waals surface area contributed by atoms with Gasteiger partial charge in [0.05, 0.1) is 6.04 Å². The Hall–Kier alpha value is -1.56. The number of aromatic nitrogens is 2. The number of carbonyl (C=O) groups excluding carboxylic acids is 1. The molecular formula is C14H21ClN4O2. The lowest BCUT2D eigenvalue weighted by Gasteiger charge is -2.22. The van der Waals surface area contributed by atoms with E-state index in [4.69, 9.17) is 16.3 Å². The molecule has 1 aliphatic rings. The Morgan fingerprint density at radius 2 is 2.19 bits per heavy atom. The lowest BCUT2D eigenvalue weighted by molar-refractivity contribution is 0.0509. The maximum absolute atomic E-state index is 11.8. The zero-order valence-electron chi connectivity index (χ0n) is 12.8. The maximum atomic E-state index is 11.8. The molecule has 2 rings (SSSR count). The molecule has 1 saturated heterocycles. The molecule has 1 aliphatic heterocycles. The van der Waals surface area contributed by atoms with Gasteiger partial charge in [0, 0.05) is 24.8 Å². The van der Waals surface area contributed by atoms with Crippen molar-refractivity contribution in [2.45, 2.75) is 45.8 Å². The molecule has 2 heterocycles. The molecule has 0 aliphatic carbocycles. The predicted octanol–water partition coefficient (Wildman–Crippen LogP) is 2.54. The minimum atomic E-state index is -0.486. The topological polar surface area (TPSA) is 67.4 Å². The van der Waals surface area contributed by atoms with E-state index in [-0.39, 0.29) is 17.4 Å². The largest absolute Gasteiger partial charge is 0.444 e. The number of anilines is 1. The van der Waals surface area contributed by atoms with Gasteiger partial charge in [-0.05, 0) is 45.7 Å². The van der Waals surface area contributed by atoms with Crippen LogP contribution in [0.15, 0.2) is 6.07 Å². The molecule has 0 radical (unpaired) electrons. The van der Waals surface area contributed by atoms with Gasteiger partial charge in [0.15, 0.2) is 0 Å². The van der Waals surface area contributed by atoms with E-state index >= 15 is 0 Å². The molecule has 1 aromatic heterocycles. The van der Waals surface area contributed by atoms with Gasteiger partial charge >= 0.3 is 6.09 Å². The van der Waals surface area contributed by atoms with Gasteiger partial charge in [-0.1, -0.05) is 0 Å². The van der Waals surface area contributed by atoms with Crippen LogP contribution in [-0.2, 0) is 4.74 Å². The number of carbonyl (C=O) groups is 1. The van der Waals surface area contributed by atoms with Crippen molar-refractivity contribution < 1.29 is 9.53 Å². The smallest absolute Gasteiger partial charge is 0.407 e. The van der Waals surface area contributed by atoms with Crippen LogP contribution in [0.5, 0.6) is 0 Å². The Balaban J connectivity index is 1.93. The third kappa shape index (κ3) is 4.74. The van der Waals surface area contributed by atoms with Crippen molar-refractivity contribution in [3.05, 3.63) is 17.0 Å². The molecule has 1 fully saturated rings. The summed E-state index contributed by atoms with van der Waals surface area (Å²) in [6, 6.07) is 1.94. The van der Waals surface area contributed by atoms with Crippen molar-refractivity contribution >= 4 is 23.5 Å². The van der Waals surface area contributed by atoms with E-state index < -0.39 is 5.60 Å². The van der Waals surface area contributed by atoms with Crippen molar-refractivity contribution in [3.63, 3.8) is 0 Å². The number of amides is 1. The summed E-state index contributed by atoms with van der Waals surface area (Å²) in [5.41, 5.74) is 0.341. The first-order valence-corrected chi connectivity index (χ1v) is 7.36. The Morgan fingerprint density at radius 3 is 2.81 bits per heavy atom. The summed E-state index contributed by atoms with van der Waals surface area (Å²) in [6.45, 7) is 8.92. The second-order valence-corrected chi connectivity index (χ2v) is 6.55. The fourth-order valence-corrected chi connectivity index (χ4v) is 2.46. The predicted molar refractivity (Wildman–Crippen MR) is 81.8 cm³/mol. The van der Waals surface area contributed by atoms with Crippen molar-refractivity contribution in [1.82, 2.24) is 15.3 Å². The van der Waals surface area contributed by atoms with Crippen LogP contribution in [0.25, 0.3) is 0 Å². The molecule has 0 bridgehead atoms. The molecular weight excluding hydrogens is 292 g/mol. The van der Waals surface area contributed by atoms with Crippen LogP contribution in [0.1, 0.15) is 32.9 Å². The van der Waals surface area contributed by atoms with E-state index in [1.807, 2.05) is 33.8 Å². The van der Waals surface area contributed by atoms with Gasteiger partial charge in [-0.2, -0.15) is 0 Å². The average Bonchev–Trinajstić information content (AvgIpc) is 2.73. The van der Waals surface area contributed by atoms with Gasteiger partial charge in [-0.25, -0.2) is 14.8 Å². The van der Waals surface area contributed by atoms with E-state index in [9.17, 15) is 4.79 Å². The summed E-state index contributed by atoms with van der Waals surface area (Å²) < 4.78 is 5.26. The van der Waals surface area contributed by atoms with Crippen molar-refractivity contribution in [2.75, 3.05) is 18.0 Å². The molecule has 7 heteroatoms. The van der Waals surface area contributed by atoms with Gasteiger partial charge in [-0.15, -0.1) is 0 Å². The minimum Gasteiger partial charge on any atom is -0.444 e. The van der Waals surface area contributed by atoms with Gasteiger partial charge in [0.1, 0.15) is 11.4 Å². The molecule has 1 aromatic rings. The number of ether oxygens (including phenoxy) is 1. The Bertz CT molecular complexity index is 510. The molecule has 0 saturated carbocycles. The molecule has 21 heavy (non-hydrogen) atoms. The fourth-order valence-electron chi connectivity index (χ4n) is 2.24. The summed E-state index contributed by atoms with van der Waals surface area (Å²) in [5, 5.41) is 3.13. The molecule has 0 spiro atoms. The zero-order chi connectivity index (χ0) is 15.6. The number of aryl methyl sites for hydroxylation is 1. The zero-order valence-corrected chi connectivity index (χ0v) is 13.6. The first-order valence-electron chi connectivity index (χ1n) is 6.98. The van der Waals surface area contributed by atoms with Crippen molar-refractivity contribution in [3.8, 4) is 0 Å². The monoisotopic (exact) mass is 312 g/mol. The SMILES string of the molecule is Cc1cc(N2CCC(NC(=O)OC(C)(C)C)C2)nc(Cl)n1. The summed E-state index contributed by atoms with van der Waals surface area (Å²) in [4.78, 5) is 22.1. The number of hydrogen-bond donors (Lipinski definition) is 1. The average molecular weight is 313 g/mol. The summed E-state index contributed by atoms with van der Waals surface area (Å²) in [7, 11) is 0. The Labute approximate surface area is 129 Å². The summed E-state index contributed by atoms with van der Waals surface area (Å²) in [5.74, 6) is 0.793. The number of nitrogens with one attached hydrogen (secondary N) is 1. The van der Waals surface area contributed by atoms with Crippen LogP contribution in [-0.4, -0.2) is 40.8 Å². The molecule has 0 aromatic carbocycles. The molecule has 1 atom stereocenters. The maximum Gasteiger partial charge on any atom is 0.407 e. The molecule has 1 amide bonds. The highest BCUT2D eigenvalue weighted by atomic mass is 35.5. The van der Waals surface area contributed by atoms with Crippen LogP contribution in [0, 0.1) is 6.92 Å². The van der Waals surface area contributed by atoms with E-state index in [1.54, 1.807) is 0 Å². The summed E-state index contributed by atoms with van der Waals surface area (Å²) in [6.07, 6.45) is 0.464. The van der Waals surface area contributed by atoms with Gasteiger partial charge < -0.3 is 15.0 Å². The number of alkyl carbamates (subject to hydrolysis) is 1. The van der Waals surface area contributed by atoms with Crippen LogP contribution < -0.4 is 10.2 Å². The summed E-state index contributed by atoms with van der Waals surface area (Å²) >= 11 is 5.88. The third-order valence-electron chi connectivity index (χ3n) is 3.05. The first-order chi connectivity index (χ1) is 9.73. The van der Waals surface area contributed by atoms with Gasteiger partial charge in [-0.3, -0.25) is 0 Å². The lowest BCUT2D eigenvalue weighted by Crippen LogP contribution is -2.40. The van der Waals surface area contributed by atoms with Crippen LogP contribution in [0.3, 0.4) is 0 Å². The highest BCUT2D eigenvalue weighted by molar-refractivity contribution is 6.28. The van der Waals surface area contributed by atoms with Crippen LogP contribution in [0.2, 0.25) is 5.28 Å². The van der Waals surface area contributed by atoms with E-state index in [1.165, 1.54) is 0 Å². The van der Waals surface area contributed by atoms with Crippen LogP contribution in [0.4, 0.5) is 10.6 Å². The molecule has 1 N–H and O–H groups in total. The van der Waals surface area contributed by atoms with Gasteiger partial charge in [0.2, 0.25) is 5.28 Å². The van der Waals surface area contributed by atoms with E-state index in [0.717, 1.165) is 24.5 Å². The van der Waals surface area contributed by atoms with Crippen molar-refractivity contribution in [2.24, 2.45) is 0 Å². The second kappa shape index (κ2) is 6.05. The molecule has 6 nitrogen and oxygen atoms in total. The van der Waals surface area contributed by atoms with E-state index in [0.29, 0.717) is 6.54 Å². The highest BCUT2D eigenvalue weighted by Gasteiger charge is 2.27. The Morgan fingerprint density at radius 1 is 1.48 bits per heavy atom. The normalized spacial score (nSPS) is 18.7. The number of hydrogen-bond acceptors (Lipinski definition) is 5. The number of rotatable bonds is 2. The molecule has 1 unspecified atom stereocenters. The second-order valence-electron chi connectivity index (χ2n) is 6.21.